The predicted molar refractivity (Wildman–Crippen MR) is 337 cm³/mol. The number of hydrogen-bond donors (Lipinski definition) is 1. The van der Waals surface area contributed by atoms with Crippen LogP contribution in [-0.4, -0.2) is 11.1 Å². The van der Waals surface area contributed by atoms with Crippen LogP contribution in [0.3, 0.4) is 0 Å². The largest absolute Gasteiger partial charge is 0.477 e. The maximum absolute atomic E-state index is 12.1. The Morgan fingerprint density at radius 2 is 0.737 bits per heavy atom. The summed E-state index contributed by atoms with van der Waals surface area (Å²) in [6.07, 6.45) is 39.3. The summed E-state index contributed by atoms with van der Waals surface area (Å²) in [6, 6.07) is 17.5. The van der Waals surface area contributed by atoms with Crippen molar-refractivity contribution < 1.29 is 9.90 Å². The minimum Gasteiger partial charge on any atom is -0.477 e. The van der Waals surface area contributed by atoms with E-state index in [-0.39, 0.29) is 21.8 Å². The Kier molecular flexibility index (Phi) is 20.0. The summed E-state index contributed by atoms with van der Waals surface area (Å²) >= 11 is 12.0. The SMILES string of the molecule is CCCCCCC1(CCCCCC)c2ccsc2-c2sc(-c3cc4c(s3)-c3sc(-c5cc6c(s5)-c5sc(/C=C(\C#N)C(=O)O)cc5C6(CCCCCC)CCCCCC)cc3C4(CCCCCC)CCCCCC)cc21. The number of aliphatic carboxylic acids is 1. The third-order valence-corrected chi connectivity index (χ3v) is 25.3. The van der Waals surface area contributed by atoms with Gasteiger partial charge < -0.3 is 5.11 Å². The van der Waals surface area contributed by atoms with E-state index >= 15 is 0 Å². The molecule has 0 fully saturated rings. The van der Waals surface area contributed by atoms with Crippen molar-refractivity contribution >= 4 is 80.1 Å². The molecule has 0 atom stereocenters. The van der Waals surface area contributed by atoms with Crippen molar-refractivity contribution in [3.63, 3.8) is 0 Å². The predicted octanol–water partition coefficient (Wildman–Crippen LogP) is 24.0. The van der Waals surface area contributed by atoms with Crippen molar-refractivity contribution in [3.8, 4) is 54.8 Å². The highest BCUT2D eigenvalue weighted by atomic mass is 32.1. The van der Waals surface area contributed by atoms with E-state index in [1.807, 2.05) is 28.7 Å². The number of carbonyl (C=O) groups is 1. The first-order valence-electron chi connectivity index (χ1n) is 30.3. The van der Waals surface area contributed by atoms with Gasteiger partial charge in [-0.25, -0.2) is 4.79 Å². The Bertz CT molecular complexity index is 2910. The van der Waals surface area contributed by atoms with Gasteiger partial charge in [0.05, 0.1) is 0 Å². The van der Waals surface area contributed by atoms with Crippen molar-refractivity contribution in [2.24, 2.45) is 0 Å². The quantitative estimate of drug-likeness (QED) is 0.0249. The molecule has 0 bridgehead atoms. The van der Waals surface area contributed by atoms with Crippen LogP contribution in [0.2, 0.25) is 0 Å². The Morgan fingerprint density at radius 3 is 1.05 bits per heavy atom. The van der Waals surface area contributed by atoms with E-state index in [0.717, 1.165) is 17.7 Å². The van der Waals surface area contributed by atoms with Gasteiger partial charge in [0, 0.05) is 69.9 Å². The summed E-state index contributed by atoms with van der Waals surface area (Å²) in [7, 11) is 0. The van der Waals surface area contributed by atoms with E-state index < -0.39 is 5.97 Å². The number of carboxylic acids is 1. The third kappa shape index (κ3) is 11.3. The average molecular weight is 1130 g/mol. The molecule has 3 aliphatic carbocycles. The molecular formula is C67H87NO2S6. The maximum atomic E-state index is 12.1. The summed E-state index contributed by atoms with van der Waals surface area (Å²) in [4.78, 5) is 27.8. The van der Waals surface area contributed by atoms with Gasteiger partial charge in [-0.15, -0.1) is 68.0 Å². The van der Waals surface area contributed by atoms with Gasteiger partial charge in [0.2, 0.25) is 0 Å². The van der Waals surface area contributed by atoms with Crippen LogP contribution in [0.4, 0.5) is 0 Å². The molecule has 0 spiro atoms. The highest BCUT2D eigenvalue weighted by Gasteiger charge is 2.49. The van der Waals surface area contributed by atoms with Gasteiger partial charge in [-0.1, -0.05) is 196 Å². The van der Waals surface area contributed by atoms with E-state index in [0.29, 0.717) is 0 Å². The minimum absolute atomic E-state index is 0.0198. The first-order chi connectivity index (χ1) is 37.2. The normalized spacial score (nSPS) is 15.2. The van der Waals surface area contributed by atoms with E-state index in [1.54, 1.807) is 59.2 Å². The first-order valence-corrected chi connectivity index (χ1v) is 35.3. The molecule has 0 unspecified atom stereocenters. The molecule has 0 aromatic carbocycles. The number of fused-ring (bicyclic) bond motifs is 9. The first kappa shape index (κ1) is 57.6. The molecule has 9 heteroatoms. The van der Waals surface area contributed by atoms with Gasteiger partial charge in [0.25, 0.3) is 0 Å². The molecule has 76 heavy (non-hydrogen) atoms. The molecule has 3 nitrogen and oxygen atoms in total. The zero-order valence-electron chi connectivity index (χ0n) is 47.1. The fraction of sp³-hybridized carbons (Fsp3) is 0.582. The Balaban J connectivity index is 1.16. The lowest BCUT2D eigenvalue weighted by molar-refractivity contribution is -0.132. The van der Waals surface area contributed by atoms with Crippen molar-refractivity contribution in [3.05, 3.63) is 85.6 Å². The van der Waals surface area contributed by atoms with Crippen LogP contribution < -0.4 is 0 Å². The molecule has 0 saturated heterocycles. The third-order valence-electron chi connectivity index (χ3n) is 17.9. The van der Waals surface area contributed by atoms with E-state index in [2.05, 4.69) is 117 Å². The van der Waals surface area contributed by atoms with Crippen LogP contribution in [-0.2, 0) is 21.0 Å². The molecule has 408 valence electrons. The van der Waals surface area contributed by atoms with Crippen LogP contribution in [0.1, 0.15) is 272 Å². The second-order valence-electron chi connectivity index (χ2n) is 23.1. The van der Waals surface area contributed by atoms with Crippen molar-refractivity contribution in [2.75, 3.05) is 0 Å². The van der Waals surface area contributed by atoms with Gasteiger partial charge in [0.15, 0.2) is 0 Å². The molecule has 0 aliphatic heterocycles. The van der Waals surface area contributed by atoms with E-state index in [4.69, 9.17) is 0 Å². The van der Waals surface area contributed by atoms with Gasteiger partial charge in [0.1, 0.15) is 11.6 Å². The molecule has 1 N–H and O–H groups in total. The molecule has 9 rings (SSSR count). The standard InChI is InChI=1S/C67H87NO2S6/c1-7-13-19-25-32-65(33-26-20-14-8-2)48-31-38-71-58(48)59-50(65)41-54(73-59)55-43-52-62(75-55)63-53(67(52,36-29-23-17-11-5)37-30-24-18-12-6)44-57(76-63)56-42-51-61(74-56)60-49(40-47(72-60)39-46(45-68)64(69)70)66(51,34-27-21-15-9-3)35-28-22-16-10-4/h31,38-44H,7-30,32-37H2,1-6H3,(H,69,70)/b46-39+. The summed E-state index contributed by atoms with van der Waals surface area (Å²) < 4.78 is 0. The molecule has 0 amide bonds. The van der Waals surface area contributed by atoms with Gasteiger partial charge in [-0.05, 0) is 120 Å². The molecule has 3 aliphatic rings. The second-order valence-corrected chi connectivity index (χ2v) is 29.3. The average Bonchev–Trinajstić information content (AvgIpc) is 4.29. The molecule has 6 heterocycles. The number of rotatable bonds is 34. The highest BCUT2D eigenvalue weighted by molar-refractivity contribution is 7.31. The molecule has 6 aromatic heterocycles. The van der Waals surface area contributed by atoms with Crippen LogP contribution in [0, 0.1) is 11.3 Å². The molecule has 0 saturated carbocycles. The van der Waals surface area contributed by atoms with Crippen molar-refractivity contribution in [1.82, 2.24) is 0 Å². The maximum Gasteiger partial charge on any atom is 0.346 e. The summed E-state index contributed by atoms with van der Waals surface area (Å²) in [6.45, 7) is 14.0. The molecule has 6 aromatic rings. The van der Waals surface area contributed by atoms with Gasteiger partial charge in [-0.2, -0.15) is 5.26 Å². The van der Waals surface area contributed by atoms with E-state index in [9.17, 15) is 15.2 Å². The number of thiophene rings is 6. The van der Waals surface area contributed by atoms with Crippen LogP contribution in [0.5, 0.6) is 0 Å². The number of hydrogen-bond acceptors (Lipinski definition) is 8. The lowest BCUT2D eigenvalue weighted by Crippen LogP contribution is -2.25. The monoisotopic (exact) mass is 1130 g/mol. The topological polar surface area (TPSA) is 61.1 Å². The fourth-order valence-electron chi connectivity index (χ4n) is 13.8. The van der Waals surface area contributed by atoms with Crippen LogP contribution in [0.15, 0.2) is 47.4 Å². The van der Waals surface area contributed by atoms with Crippen molar-refractivity contribution in [1.29, 1.82) is 5.26 Å². The summed E-state index contributed by atoms with van der Waals surface area (Å²) in [5.41, 5.74) is 9.31. The highest BCUT2D eigenvalue weighted by Crippen LogP contribution is 2.66. The Morgan fingerprint density at radius 1 is 0.434 bits per heavy atom. The van der Waals surface area contributed by atoms with Crippen LogP contribution >= 0.6 is 68.0 Å². The number of nitrogens with zero attached hydrogens (tertiary/aromatic N) is 1. The Labute approximate surface area is 482 Å². The fourth-order valence-corrected chi connectivity index (χ4v) is 21.7. The number of carboxylic acid groups (broad SMARTS) is 1. The summed E-state index contributed by atoms with van der Waals surface area (Å²) in [5, 5.41) is 22.2. The second kappa shape index (κ2) is 26.4. The molecule has 0 radical (unpaired) electrons. The molecular weight excluding hydrogens is 1040 g/mol. The Hall–Kier alpha value is -3.10. The van der Waals surface area contributed by atoms with E-state index in [1.165, 1.54) is 220 Å². The number of nitriles is 1. The summed E-state index contributed by atoms with van der Waals surface area (Å²) in [5.74, 6) is -1.15. The number of unbranched alkanes of at least 4 members (excludes halogenated alkanes) is 18. The lowest BCUT2D eigenvalue weighted by Gasteiger charge is -2.32. The van der Waals surface area contributed by atoms with Gasteiger partial charge >= 0.3 is 5.97 Å². The van der Waals surface area contributed by atoms with Crippen LogP contribution in [0.25, 0.3) is 54.8 Å². The minimum atomic E-state index is -1.15. The lowest BCUT2D eigenvalue weighted by atomic mass is 9.71. The van der Waals surface area contributed by atoms with Crippen molar-refractivity contribution in [2.45, 2.75) is 250 Å². The zero-order valence-corrected chi connectivity index (χ0v) is 52.0. The smallest absolute Gasteiger partial charge is 0.346 e. The van der Waals surface area contributed by atoms with Gasteiger partial charge in [-0.3, -0.25) is 0 Å². The zero-order chi connectivity index (χ0) is 53.3.